The number of ether oxygens (including phenoxy) is 2. The van der Waals surface area contributed by atoms with Crippen LogP contribution in [0, 0.1) is 12.7 Å². The molecule has 0 aliphatic carbocycles. The summed E-state index contributed by atoms with van der Waals surface area (Å²) in [5.74, 6) is 0.163. The van der Waals surface area contributed by atoms with E-state index in [9.17, 15) is 12.8 Å². The van der Waals surface area contributed by atoms with E-state index in [-0.39, 0.29) is 11.4 Å². The van der Waals surface area contributed by atoms with Crippen LogP contribution in [0.3, 0.4) is 0 Å². The molecule has 0 fully saturated rings. The predicted octanol–water partition coefficient (Wildman–Crippen LogP) is 3.40. The SMILES string of the molecule is COCCOc1ccc(S(=O)(=O)NCc2ccc(Br)c(F)c2)cc1C. The summed E-state index contributed by atoms with van der Waals surface area (Å²) in [4.78, 5) is 0.127. The van der Waals surface area contributed by atoms with Crippen molar-refractivity contribution < 1.29 is 22.3 Å². The predicted molar refractivity (Wildman–Crippen MR) is 96.7 cm³/mol. The zero-order valence-corrected chi connectivity index (χ0v) is 16.3. The number of hydrogen-bond acceptors (Lipinski definition) is 4. The van der Waals surface area contributed by atoms with Crippen molar-refractivity contribution in [3.8, 4) is 5.75 Å². The van der Waals surface area contributed by atoms with Crippen LogP contribution in [-0.2, 0) is 21.3 Å². The number of sulfonamides is 1. The standard InChI is InChI=1S/C17H19BrFNO4S/c1-12-9-14(4-6-17(12)24-8-7-23-2)25(21,22)20-11-13-3-5-15(18)16(19)10-13/h3-6,9-10,20H,7-8,11H2,1-2H3. The van der Waals surface area contributed by atoms with E-state index in [4.69, 9.17) is 9.47 Å². The van der Waals surface area contributed by atoms with Gasteiger partial charge in [-0.05, 0) is 64.3 Å². The lowest BCUT2D eigenvalue weighted by Crippen LogP contribution is -2.23. The molecule has 0 radical (unpaired) electrons. The van der Waals surface area contributed by atoms with Gasteiger partial charge in [-0.1, -0.05) is 6.07 Å². The Morgan fingerprint density at radius 2 is 1.92 bits per heavy atom. The number of aryl methyl sites for hydroxylation is 1. The highest BCUT2D eigenvalue weighted by Gasteiger charge is 2.15. The minimum atomic E-state index is -3.71. The maximum atomic E-state index is 13.5. The molecular formula is C17H19BrFNO4S. The molecule has 0 spiro atoms. The van der Waals surface area contributed by atoms with Crippen molar-refractivity contribution in [1.29, 1.82) is 0 Å². The molecule has 2 rings (SSSR count). The molecule has 5 nitrogen and oxygen atoms in total. The van der Waals surface area contributed by atoms with Crippen molar-refractivity contribution in [3.63, 3.8) is 0 Å². The quantitative estimate of drug-likeness (QED) is 0.650. The van der Waals surface area contributed by atoms with Gasteiger partial charge in [0.2, 0.25) is 10.0 Å². The van der Waals surface area contributed by atoms with E-state index in [1.54, 1.807) is 26.2 Å². The molecule has 1 N–H and O–H groups in total. The summed E-state index contributed by atoms with van der Waals surface area (Å²) in [5.41, 5.74) is 1.23. The van der Waals surface area contributed by atoms with Crippen molar-refractivity contribution in [2.45, 2.75) is 18.4 Å². The number of halogens is 2. The molecule has 0 bridgehead atoms. The van der Waals surface area contributed by atoms with Crippen LogP contribution in [0.1, 0.15) is 11.1 Å². The highest BCUT2D eigenvalue weighted by atomic mass is 79.9. The molecule has 0 aliphatic heterocycles. The van der Waals surface area contributed by atoms with Gasteiger partial charge in [0.25, 0.3) is 0 Å². The molecule has 0 heterocycles. The monoisotopic (exact) mass is 431 g/mol. The first-order valence-corrected chi connectivity index (χ1v) is 9.77. The molecule has 8 heteroatoms. The summed E-state index contributed by atoms with van der Waals surface area (Å²) >= 11 is 3.06. The topological polar surface area (TPSA) is 64.6 Å². The van der Waals surface area contributed by atoms with Gasteiger partial charge in [-0.25, -0.2) is 17.5 Å². The van der Waals surface area contributed by atoms with E-state index in [1.165, 1.54) is 24.3 Å². The Kier molecular flexibility index (Phi) is 6.95. The second-order valence-corrected chi connectivity index (χ2v) is 7.96. The summed E-state index contributed by atoms with van der Waals surface area (Å²) < 4.78 is 51.5. The van der Waals surface area contributed by atoms with Crippen molar-refractivity contribution >= 4 is 26.0 Å². The summed E-state index contributed by atoms with van der Waals surface area (Å²) in [6.07, 6.45) is 0. The molecule has 0 aliphatic rings. The van der Waals surface area contributed by atoms with Gasteiger partial charge in [-0.2, -0.15) is 0 Å². The van der Waals surface area contributed by atoms with Crippen LogP contribution in [0.5, 0.6) is 5.75 Å². The first-order chi connectivity index (χ1) is 11.8. The summed E-state index contributed by atoms with van der Waals surface area (Å²) in [6, 6.07) is 9.08. The van der Waals surface area contributed by atoms with Crippen LogP contribution in [-0.4, -0.2) is 28.7 Å². The van der Waals surface area contributed by atoms with Crippen LogP contribution in [0.15, 0.2) is 45.8 Å². The average Bonchev–Trinajstić information content (AvgIpc) is 2.57. The fourth-order valence-corrected chi connectivity index (χ4v) is 3.45. The number of benzene rings is 2. The Hall–Kier alpha value is -1.48. The molecule has 0 amide bonds. The van der Waals surface area contributed by atoms with Crippen molar-refractivity contribution in [1.82, 2.24) is 4.72 Å². The lowest BCUT2D eigenvalue weighted by Gasteiger charge is -2.12. The van der Waals surface area contributed by atoms with Crippen LogP contribution >= 0.6 is 15.9 Å². The molecule has 0 saturated carbocycles. The molecule has 2 aromatic rings. The highest BCUT2D eigenvalue weighted by Crippen LogP contribution is 2.22. The third kappa shape index (κ3) is 5.50. The van der Waals surface area contributed by atoms with E-state index in [0.717, 1.165) is 0 Å². The summed E-state index contributed by atoms with van der Waals surface area (Å²) in [7, 11) is -2.13. The average molecular weight is 432 g/mol. The Bertz CT molecular complexity index is 843. The maximum absolute atomic E-state index is 13.5. The maximum Gasteiger partial charge on any atom is 0.240 e. The number of hydrogen-bond donors (Lipinski definition) is 1. The number of methoxy groups -OCH3 is 1. The molecule has 25 heavy (non-hydrogen) atoms. The Labute approximate surface area is 155 Å². The highest BCUT2D eigenvalue weighted by molar-refractivity contribution is 9.10. The van der Waals surface area contributed by atoms with Gasteiger partial charge in [0, 0.05) is 13.7 Å². The fraction of sp³-hybridized carbons (Fsp3) is 0.294. The van der Waals surface area contributed by atoms with Gasteiger partial charge in [-0.3, -0.25) is 0 Å². The zero-order chi connectivity index (χ0) is 18.4. The minimum Gasteiger partial charge on any atom is -0.491 e. The third-order valence-electron chi connectivity index (χ3n) is 3.45. The molecule has 2 aromatic carbocycles. The molecule has 136 valence electrons. The van der Waals surface area contributed by atoms with Crippen molar-refractivity contribution in [2.75, 3.05) is 20.3 Å². The normalized spacial score (nSPS) is 11.5. The van der Waals surface area contributed by atoms with Crippen LogP contribution in [0.2, 0.25) is 0 Å². The lowest BCUT2D eigenvalue weighted by molar-refractivity contribution is 0.146. The first-order valence-electron chi connectivity index (χ1n) is 7.49. The summed E-state index contributed by atoms with van der Waals surface area (Å²) in [6.45, 7) is 2.60. The van der Waals surface area contributed by atoms with Gasteiger partial charge in [0.05, 0.1) is 16.0 Å². The van der Waals surface area contributed by atoms with Crippen molar-refractivity contribution in [2.24, 2.45) is 0 Å². The van der Waals surface area contributed by atoms with Crippen LogP contribution < -0.4 is 9.46 Å². The summed E-state index contributed by atoms with van der Waals surface area (Å²) in [5, 5.41) is 0. The van der Waals surface area contributed by atoms with E-state index in [1.807, 2.05) is 0 Å². The molecule has 0 atom stereocenters. The minimum absolute atomic E-state index is 0.00231. The van der Waals surface area contributed by atoms with E-state index in [0.29, 0.717) is 34.6 Å². The second kappa shape index (κ2) is 8.75. The smallest absolute Gasteiger partial charge is 0.240 e. The molecule has 0 saturated heterocycles. The largest absolute Gasteiger partial charge is 0.491 e. The van der Waals surface area contributed by atoms with E-state index >= 15 is 0 Å². The first kappa shape index (κ1) is 19.8. The van der Waals surface area contributed by atoms with Gasteiger partial charge >= 0.3 is 0 Å². The fourth-order valence-electron chi connectivity index (χ4n) is 2.10. The molecular weight excluding hydrogens is 413 g/mol. The Morgan fingerprint density at radius 3 is 2.56 bits per heavy atom. The van der Waals surface area contributed by atoms with Gasteiger partial charge in [-0.15, -0.1) is 0 Å². The second-order valence-electron chi connectivity index (χ2n) is 5.34. The molecule has 0 aromatic heterocycles. The number of rotatable bonds is 8. The Balaban J connectivity index is 2.08. The molecule has 0 unspecified atom stereocenters. The van der Waals surface area contributed by atoms with E-state index in [2.05, 4.69) is 20.7 Å². The van der Waals surface area contributed by atoms with E-state index < -0.39 is 15.8 Å². The van der Waals surface area contributed by atoms with Crippen LogP contribution in [0.25, 0.3) is 0 Å². The third-order valence-corrected chi connectivity index (χ3v) is 5.49. The van der Waals surface area contributed by atoms with Gasteiger partial charge in [0.1, 0.15) is 18.2 Å². The van der Waals surface area contributed by atoms with Crippen LogP contribution in [0.4, 0.5) is 4.39 Å². The van der Waals surface area contributed by atoms with Gasteiger partial charge < -0.3 is 9.47 Å². The zero-order valence-electron chi connectivity index (χ0n) is 13.9. The lowest BCUT2D eigenvalue weighted by atomic mass is 10.2. The Morgan fingerprint density at radius 1 is 1.16 bits per heavy atom. The number of nitrogens with one attached hydrogen (secondary N) is 1. The van der Waals surface area contributed by atoms with Crippen molar-refractivity contribution in [3.05, 3.63) is 57.8 Å². The van der Waals surface area contributed by atoms with Gasteiger partial charge in [0.15, 0.2) is 0 Å².